The molecule has 3 N–H and O–H groups in total. The summed E-state index contributed by atoms with van der Waals surface area (Å²) in [6, 6.07) is 5.25. The number of amides is 1. The van der Waals surface area contributed by atoms with Crippen LogP contribution < -0.4 is 11.1 Å². The van der Waals surface area contributed by atoms with Gasteiger partial charge in [0.2, 0.25) is 11.0 Å². The molecule has 0 radical (unpaired) electrons. The van der Waals surface area contributed by atoms with Crippen LogP contribution in [0.1, 0.15) is 5.69 Å². The monoisotopic (exact) mass is 266 g/mol. The van der Waals surface area contributed by atoms with E-state index >= 15 is 0 Å². The Kier molecular flexibility index (Phi) is 3.63. The second-order valence-electron chi connectivity index (χ2n) is 3.56. The molecule has 0 bridgehead atoms. The van der Waals surface area contributed by atoms with Gasteiger partial charge in [-0.05, 0) is 19.1 Å². The van der Waals surface area contributed by atoms with E-state index < -0.39 is 11.0 Å². The van der Waals surface area contributed by atoms with Gasteiger partial charge >= 0.3 is 0 Å². The van der Waals surface area contributed by atoms with E-state index in [0.29, 0.717) is 5.69 Å². The maximum atomic E-state index is 13.7. The van der Waals surface area contributed by atoms with Crippen LogP contribution in [-0.4, -0.2) is 22.4 Å². The Morgan fingerprint density at radius 1 is 1.50 bits per heavy atom. The molecule has 0 unspecified atom stereocenters. The molecule has 0 aliphatic carbocycles. The molecular formula is C11H11FN4OS. The summed E-state index contributed by atoms with van der Waals surface area (Å²) >= 11 is 0.753. The van der Waals surface area contributed by atoms with Crippen molar-refractivity contribution in [1.82, 2.24) is 9.97 Å². The number of halogens is 1. The van der Waals surface area contributed by atoms with E-state index in [1.165, 1.54) is 0 Å². The molecule has 1 amide bonds. The predicted octanol–water partition coefficient (Wildman–Crippen LogP) is 1.55. The first-order chi connectivity index (χ1) is 8.60. The third-order valence-electron chi connectivity index (χ3n) is 2.15. The molecule has 2 heterocycles. The smallest absolute Gasteiger partial charge is 0.239 e. The Morgan fingerprint density at radius 3 is 2.94 bits per heavy atom. The molecule has 0 aliphatic rings. The number of aromatic nitrogens is 2. The molecule has 0 spiro atoms. The van der Waals surface area contributed by atoms with Gasteiger partial charge < -0.3 is 11.1 Å². The van der Waals surface area contributed by atoms with Gasteiger partial charge in [-0.25, -0.2) is 4.98 Å². The first-order valence-corrected chi connectivity index (χ1v) is 6.02. The number of nitrogens with two attached hydrogens (primary N) is 1. The maximum Gasteiger partial charge on any atom is 0.239 e. The summed E-state index contributed by atoms with van der Waals surface area (Å²) in [6.07, 6.45) is 0. The van der Waals surface area contributed by atoms with Gasteiger partial charge in [-0.1, -0.05) is 17.4 Å². The topological polar surface area (TPSA) is 80.9 Å². The lowest BCUT2D eigenvalue weighted by atomic mass is 10.2. The van der Waals surface area contributed by atoms with Crippen LogP contribution in [0, 0.1) is 12.1 Å². The molecule has 5 nitrogen and oxygen atoms in total. The number of thiazole rings is 1. The van der Waals surface area contributed by atoms with E-state index in [2.05, 4.69) is 15.3 Å². The molecule has 0 fully saturated rings. The second-order valence-corrected chi connectivity index (χ2v) is 4.51. The SMILES string of the molecule is Cc1cccc(-c2nc(NC(=O)CN)sc2F)n1. The van der Waals surface area contributed by atoms with Crippen LogP contribution in [0.2, 0.25) is 0 Å². The Morgan fingerprint density at radius 2 is 2.28 bits per heavy atom. The van der Waals surface area contributed by atoms with Gasteiger partial charge in [0, 0.05) is 5.69 Å². The van der Waals surface area contributed by atoms with E-state index in [1.807, 2.05) is 13.0 Å². The van der Waals surface area contributed by atoms with Gasteiger partial charge in [0.05, 0.1) is 12.2 Å². The zero-order chi connectivity index (χ0) is 13.1. The van der Waals surface area contributed by atoms with E-state index in [9.17, 15) is 9.18 Å². The van der Waals surface area contributed by atoms with Crippen LogP contribution >= 0.6 is 11.3 Å². The summed E-state index contributed by atoms with van der Waals surface area (Å²) in [6.45, 7) is 1.64. The standard InChI is InChI=1S/C11H11FN4OS/c1-6-3-2-4-7(14-6)9-10(12)18-11(16-9)15-8(17)5-13/h2-4H,5,13H2,1H3,(H,15,16,17). The van der Waals surface area contributed by atoms with Crippen molar-refractivity contribution >= 4 is 22.4 Å². The number of carbonyl (C=O) groups excluding carboxylic acids is 1. The fraction of sp³-hybridized carbons (Fsp3) is 0.182. The van der Waals surface area contributed by atoms with Gasteiger partial charge in [0.15, 0.2) is 5.13 Å². The minimum absolute atomic E-state index is 0.135. The van der Waals surface area contributed by atoms with Crippen molar-refractivity contribution in [1.29, 1.82) is 0 Å². The van der Waals surface area contributed by atoms with Crippen LogP contribution in [0.4, 0.5) is 9.52 Å². The van der Waals surface area contributed by atoms with Crippen molar-refractivity contribution in [2.45, 2.75) is 6.92 Å². The van der Waals surface area contributed by atoms with Crippen LogP contribution in [-0.2, 0) is 4.79 Å². The molecule has 2 rings (SSSR count). The molecular weight excluding hydrogens is 255 g/mol. The number of hydrogen-bond acceptors (Lipinski definition) is 5. The van der Waals surface area contributed by atoms with Crippen molar-refractivity contribution in [2.75, 3.05) is 11.9 Å². The second kappa shape index (κ2) is 5.19. The van der Waals surface area contributed by atoms with E-state index in [1.54, 1.807) is 12.1 Å². The quantitative estimate of drug-likeness (QED) is 0.883. The third kappa shape index (κ3) is 2.69. The lowest BCUT2D eigenvalue weighted by molar-refractivity contribution is -0.114. The first kappa shape index (κ1) is 12.6. The fourth-order valence-corrected chi connectivity index (χ4v) is 2.08. The van der Waals surface area contributed by atoms with Crippen molar-refractivity contribution in [3.05, 3.63) is 29.0 Å². The largest absolute Gasteiger partial charge is 0.322 e. The molecule has 0 aromatic carbocycles. The lowest BCUT2D eigenvalue weighted by Crippen LogP contribution is -2.21. The van der Waals surface area contributed by atoms with Crippen LogP contribution in [0.3, 0.4) is 0 Å². The zero-order valence-corrected chi connectivity index (χ0v) is 10.4. The first-order valence-electron chi connectivity index (χ1n) is 5.20. The highest BCUT2D eigenvalue weighted by atomic mass is 32.1. The average molecular weight is 266 g/mol. The molecule has 0 saturated carbocycles. The molecule has 18 heavy (non-hydrogen) atoms. The summed E-state index contributed by atoms with van der Waals surface area (Å²) < 4.78 is 13.7. The minimum atomic E-state index is -0.486. The third-order valence-corrected chi connectivity index (χ3v) is 2.91. The van der Waals surface area contributed by atoms with Crippen molar-refractivity contribution in [2.24, 2.45) is 5.73 Å². The lowest BCUT2D eigenvalue weighted by Gasteiger charge is -1.98. The molecule has 0 atom stereocenters. The highest BCUT2D eigenvalue weighted by Gasteiger charge is 2.15. The molecule has 2 aromatic heterocycles. The molecule has 0 saturated heterocycles. The number of nitrogens with one attached hydrogen (secondary N) is 1. The number of hydrogen-bond donors (Lipinski definition) is 2. The number of nitrogens with zero attached hydrogens (tertiary/aromatic N) is 2. The molecule has 7 heteroatoms. The summed E-state index contributed by atoms with van der Waals surface area (Å²) in [5.74, 6) is -0.410. The van der Waals surface area contributed by atoms with E-state index in [0.717, 1.165) is 17.0 Å². The predicted molar refractivity (Wildman–Crippen MR) is 67.7 cm³/mol. The Balaban J connectivity index is 2.32. The van der Waals surface area contributed by atoms with Crippen molar-refractivity contribution in [3.8, 4) is 11.4 Å². The Hall–Kier alpha value is -1.86. The average Bonchev–Trinajstić information content (AvgIpc) is 2.70. The van der Waals surface area contributed by atoms with Gasteiger partial charge in [0.25, 0.3) is 0 Å². The minimum Gasteiger partial charge on any atom is -0.322 e. The highest BCUT2D eigenvalue weighted by molar-refractivity contribution is 7.14. The maximum absolute atomic E-state index is 13.7. The van der Waals surface area contributed by atoms with Gasteiger partial charge in [0.1, 0.15) is 5.69 Å². The zero-order valence-electron chi connectivity index (χ0n) is 9.61. The van der Waals surface area contributed by atoms with Crippen molar-refractivity contribution in [3.63, 3.8) is 0 Å². The van der Waals surface area contributed by atoms with Crippen molar-refractivity contribution < 1.29 is 9.18 Å². The molecule has 94 valence electrons. The Bertz CT molecular complexity index is 584. The summed E-state index contributed by atoms with van der Waals surface area (Å²) in [4.78, 5) is 19.3. The van der Waals surface area contributed by atoms with Gasteiger partial charge in [-0.3, -0.25) is 9.78 Å². The Labute approximate surface area is 107 Å². The molecule has 2 aromatic rings. The normalized spacial score (nSPS) is 10.4. The number of pyridine rings is 1. The van der Waals surface area contributed by atoms with Gasteiger partial charge in [-0.15, -0.1) is 0 Å². The van der Waals surface area contributed by atoms with Crippen LogP contribution in [0.5, 0.6) is 0 Å². The number of rotatable bonds is 3. The number of carbonyl (C=O) groups is 1. The summed E-state index contributed by atoms with van der Waals surface area (Å²) in [5, 5.41) is 2.11. The van der Waals surface area contributed by atoms with E-state index in [-0.39, 0.29) is 17.4 Å². The number of anilines is 1. The van der Waals surface area contributed by atoms with Crippen LogP contribution in [0.25, 0.3) is 11.4 Å². The van der Waals surface area contributed by atoms with E-state index in [4.69, 9.17) is 5.73 Å². The number of aryl methyl sites for hydroxylation is 1. The fourth-order valence-electron chi connectivity index (χ4n) is 1.36. The van der Waals surface area contributed by atoms with Gasteiger partial charge in [-0.2, -0.15) is 4.39 Å². The summed E-state index contributed by atoms with van der Waals surface area (Å²) in [7, 11) is 0. The highest BCUT2D eigenvalue weighted by Crippen LogP contribution is 2.28. The molecule has 0 aliphatic heterocycles. The van der Waals surface area contributed by atoms with Crippen LogP contribution in [0.15, 0.2) is 18.2 Å². The summed E-state index contributed by atoms with van der Waals surface area (Å²) in [5.41, 5.74) is 6.50.